The molecule has 0 saturated heterocycles. The summed E-state index contributed by atoms with van der Waals surface area (Å²) in [6, 6.07) is 7.47. The molecule has 1 aromatic carbocycles. The Morgan fingerprint density at radius 1 is 1.42 bits per heavy atom. The van der Waals surface area contributed by atoms with E-state index in [0.717, 1.165) is 4.68 Å². The van der Waals surface area contributed by atoms with Gasteiger partial charge in [0.25, 0.3) is 5.56 Å². The molecule has 0 spiro atoms. The molecule has 2 heterocycles. The lowest BCUT2D eigenvalue weighted by atomic mass is 10.1. The Labute approximate surface area is 144 Å². The summed E-state index contributed by atoms with van der Waals surface area (Å²) >= 11 is 7.14. The molecule has 5 nitrogen and oxygen atoms in total. The minimum Gasteiger partial charge on any atom is -0.504 e. The number of halogens is 2. The summed E-state index contributed by atoms with van der Waals surface area (Å²) in [5.74, 6) is -1.02. The molecule has 0 radical (unpaired) electrons. The average molecular weight is 362 g/mol. The SMILES string of the molecule is N#Cc1c(O)c(-c2ccsc2)nn(Cc2ccc(F)c(Cl)c2)c1=O. The summed E-state index contributed by atoms with van der Waals surface area (Å²) in [5, 5.41) is 26.9. The molecule has 0 unspecified atom stereocenters. The number of benzene rings is 1. The van der Waals surface area contributed by atoms with Gasteiger partial charge in [0, 0.05) is 10.9 Å². The second kappa shape index (κ2) is 6.43. The maximum atomic E-state index is 13.2. The van der Waals surface area contributed by atoms with Gasteiger partial charge in [-0.3, -0.25) is 4.79 Å². The van der Waals surface area contributed by atoms with Crippen LogP contribution in [0.3, 0.4) is 0 Å². The maximum Gasteiger partial charge on any atom is 0.288 e. The first-order valence-corrected chi connectivity index (χ1v) is 8.04. The number of rotatable bonds is 3. The average Bonchev–Trinajstić information content (AvgIpc) is 3.08. The Morgan fingerprint density at radius 2 is 2.21 bits per heavy atom. The van der Waals surface area contributed by atoms with E-state index in [1.54, 1.807) is 22.9 Å². The molecule has 0 aliphatic rings. The zero-order chi connectivity index (χ0) is 17.3. The van der Waals surface area contributed by atoms with Crippen molar-refractivity contribution in [3.63, 3.8) is 0 Å². The highest BCUT2D eigenvalue weighted by atomic mass is 35.5. The minimum absolute atomic E-state index is 0.00900. The second-order valence-electron chi connectivity index (χ2n) is 4.91. The van der Waals surface area contributed by atoms with Gasteiger partial charge in [0.05, 0.1) is 11.6 Å². The second-order valence-corrected chi connectivity index (χ2v) is 6.09. The Balaban J connectivity index is 2.14. The molecule has 2 aromatic heterocycles. The van der Waals surface area contributed by atoms with Crippen molar-refractivity contribution in [1.29, 1.82) is 5.26 Å². The number of hydrogen-bond donors (Lipinski definition) is 1. The summed E-state index contributed by atoms with van der Waals surface area (Å²) < 4.78 is 14.3. The van der Waals surface area contributed by atoms with Crippen LogP contribution in [0.5, 0.6) is 5.75 Å². The van der Waals surface area contributed by atoms with Crippen molar-refractivity contribution >= 4 is 22.9 Å². The topological polar surface area (TPSA) is 78.9 Å². The van der Waals surface area contributed by atoms with Crippen molar-refractivity contribution in [1.82, 2.24) is 9.78 Å². The van der Waals surface area contributed by atoms with Crippen LogP contribution in [-0.4, -0.2) is 14.9 Å². The molecule has 3 rings (SSSR count). The van der Waals surface area contributed by atoms with E-state index in [-0.39, 0.29) is 22.8 Å². The van der Waals surface area contributed by atoms with Gasteiger partial charge in [-0.2, -0.15) is 21.7 Å². The van der Waals surface area contributed by atoms with E-state index in [1.165, 1.54) is 29.5 Å². The van der Waals surface area contributed by atoms with Gasteiger partial charge in [0.1, 0.15) is 17.6 Å². The molecule has 24 heavy (non-hydrogen) atoms. The Bertz CT molecular complexity index is 1010. The highest BCUT2D eigenvalue weighted by Gasteiger charge is 2.18. The minimum atomic E-state index is -0.727. The van der Waals surface area contributed by atoms with Crippen LogP contribution in [0.4, 0.5) is 4.39 Å². The van der Waals surface area contributed by atoms with E-state index in [2.05, 4.69) is 5.10 Å². The molecule has 1 N–H and O–H groups in total. The lowest BCUT2D eigenvalue weighted by Crippen LogP contribution is -2.26. The van der Waals surface area contributed by atoms with Crippen LogP contribution < -0.4 is 5.56 Å². The Hall–Kier alpha value is -2.69. The number of hydrogen-bond acceptors (Lipinski definition) is 5. The molecule has 120 valence electrons. The fraction of sp³-hybridized carbons (Fsp3) is 0.0625. The summed E-state index contributed by atoms with van der Waals surface area (Å²) in [6.45, 7) is -0.00900. The third-order valence-electron chi connectivity index (χ3n) is 3.35. The largest absolute Gasteiger partial charge is 0.504 e. The van der Waals surface area contributed by atoms with E-state index in [4.69, 9.17) is 11.6 Å². The molecule has 8 heteroatoms. The fourth-order valence-corrected chi connectivity index (χ4v) is 3.02. The van der Waals surface area contributed by atoms with E-state index in [0.29, 0.717) is 11.1 Å². The molecule has 0 fully saturated rings. The number of nitriles is 1. The summed E-state index contributed by atoms with van der Waals surface area (Å²) in [7, 11) is 0. The first kappa shape index (κ1) is 16.2. The number of aromatic nitrogens is 2. The van der Waals surface area contributed by atoms with Crippen molar-refractivity contribution in [2.75, 3.05) is 0 Å². The van der Waals surface area contributed by atoms with Crippen molar-refractivity contribution in [3.8, 4) is 23.1 Å². The van der Waals surface area contributed by atoms with Crippen molar-refractivity contribution in [2.45, 2.75) is 6.54 Å². The molecule has 0 aliphatic carbocycles. The molecule has 0 atom stereocenters. The first-order chi connectivity index (χ1) is 11.5. The summed E-state index contributed by atoms with van der Waals surface area (Å²) in [5.41, 5.74) is 0.163. The van der Waals surface area contributed by atoms with E-state index >= 15 is 0 Å². The van der Waals surface area contributed by atoms with Crippen LogP contribution in [0.15, 0.2) is 39.8 Å². The zero-order valence-corrected chi connectivity index (χ0v) is 13.6. The highest BCUT2D eigenvalue weighted by Crippen LogP contribution is 2.29. The van der Waals surface area contributed by atoms with E-state index in [1.807, 2.05) is 0 Å². The lowest BCUT2D eigenvalue weighted by molar-refractivity contribution is 0.463. The monoisotopic (exact) mass is 361 g/mol. The maximum absolute atomic E-state index is 13.2. The molecule has 0 amide bonds. The molecular formula is C16H9ClFN3O2S. The standard InChI is InChI=1S/C16H9ClFN3O2S/c17-12-5-9(1-2-13(12)18)7-21-16(23)11(6-19)15(22)14(20-21)10-3-4-24-8-10/h1-5,8,22H,7H2. The van der Waals surface area contributed by atoms with Crippen molar-refractivity contribution in [3.05, 3.63) is 67.3 Å². The van der Waals surface area contributed by atoms with Gasteiger partial charge in [-0.15, -0.1) is 0 Å². The number of nitrogens with zero attached hydrogens (tertiary/aromatic N) is 3. The smallest absolute Gasteiger partial charge is 0.288 e. The predicted molar refractivity (Wildman–Crippen MR) is 88.7 cm³/mol. The third kappa shape index (κ3) is 2.89. The Kier molecular flexibility index (Phi) is 4.34. The normalized spacial score (nSPS) is 10.5. The lowest BCUT2D eigenvalue weighted by Gasteiger charge is -2.10. The third-order valence-corrected chi connectivity index (χ3v) is 4.33. The molecule has 0 bridgehead atoms. The van der Waals surface area contributed by atoms with Gasteiger partial charge in [-0.1, -0.05) is 17.7 Å². The van der Waals surface area contributed by atoms with Gasteiger partial charge in [-0.25, -0.2) is 9.07 Å². The van der Waals surface area contributed by atoms with Gasteiger partial charge in [-0.05, 0) is 29.1 Å². The van der Waals surface area contributed by atoms with Gasteiger partial charge in [0.15, 0.2) is 11.3 Å². The molecule has 3 aromatic rings. The predicted octanol–water partition coefficient (Wildman–Crippen LogP) is 3.39. The Morgan fingerprint density at radius 3 is 2.83 bits per heavy atom. The quantitative estimate of drug-likeness (QED) is 0.775. The summed E-state index contributed by atoms with van der Waals surface area (Å²) in [6.07, 6.45) is 0. The first-order valence-electron chi connectivity index (χ1n) is 6.72. The number of thiophene rings is 1. The van der Waals surface area contributed by atoms with Gasteiger partial charge in [0.2, 0.25) is 0 Å². The van der Waals surface area contributed by atoms with Crippen LogP contribution in [0, 0.1) is 17.1 Å². The van der Waals surface area contributed by atoms with E-state index in [9.17, 15) is 19.6 Å². The van der Waals surface area contributed by atoms with Crippen LogP contribution in [0.25, 0.3) is 11.3 Å². The van der Waals surface area contributed by atoms with Crippen molar-refractivity contribution < 1.29 is 9.50 Å². The van der Waals surface area contributed by atoms with Gasteiger partial charge < -0.3 is 5.11 Å². The van der Waals surface area contributed by atoms with Crippen LogP contribution in [0.1, 0.15) is 11.1 Å². The van der Waals surface area contributed by atoms with E-state index < -0.39 is 17.1 Å². The summed E-state index contributed by atoms with van der Waals surface area (Å²) in [4.78, 5) is 12.3. The zero-order valence-electron chi connectivity index (χ0n) is 12.0. The highest BCUT2D eigenvalue weighted by molar-refractivity contribution is 7.08. The van der Waals surface area contributed by atoms with Crippen LogP contribution in [-0.2, 0) is 6.54 Å². The fourth-order valence-electron chi connectivity index (χ4n) is 2.17. The van der Waals surface area contributed by atoms with Crippen LogP contribution in [0.2, 0.25) is 5.02 Å². The number of aromatic hydroxyl groups is 1. The molecule has 0 aliphatic heterocycles. The molecular weight excluding hydrogens is 353 g/mol. The van der Waals surface area contributed by atoms with Crippen LogP contribution >= 0.6 is 22.9 Å². The molecule has 0 saturated carbocycles. The van der Waals surface area contributed by atoms with Gasteiger partial charge >= 0.3 is 0 Å². The van der Waals surface area contributed by atoms with Crippen molar-refractivity contribution in [2.24, 2.45) is 0 Å².